The van der Waals surface area contributed by atoms with Crippen LogP contribution in [0.15, 0.2) is 103 Å². The number of aliphatic hydroxyl groups excluding tert-OH is 2. The predicted molar refractivity (Wildman–Crippen MR) is 201 cm³/mol. The number of nitrogens with one attached hydrogen (secondary N) is 1. The maximum absolute atomic E-state index is 13.1. The van der Waals surface area contributed by atoms with Crippen molar-refractivity contribution < 1.29 is 42.4 Å². The van der Waals surface area contributed by atoms with E-state index in [1.165, 1.54) is 0 Å². The number of hydrogen-bond acceptors (Lipinski definition) is 7. The molecule has 7 atom stereocenters. The van der Waals surface area contributed by atoms with Gasteiger partial charge in [-0.2, -0.15) is 13.2 Å². The van der Waals surface area contributed by atoms with E-state index in [9.17, 15) is 33.0 Å². The molecule has 2 aliphatic heterocycles. The lowest BCUT2D eigenvalue weighted by Crippen LogP contribution is -2.50. The second-order valence-corrected chi connectivity index (χ2v) is 14.5. The summed E-state index contributed by atoms with van der Waals surface area (Å²) in [4.78, 5) is 27.6. The number of alkyl halides is 3. The number of ether oxygens (including phenoxy) is 2. The van der Waals surface area contributed by atoms with Gasteiger partial charge in [0.25, 0.3) is 0 Å². The molecule has 0 aromatic heterocycles. The average molecular weight is 760 g/mol. The van der Waals surface area contributed by atoms with Gasteiger partial charge in [0.1, 0.15) is 6.04 Å². The Morgan fingerprint density at radius 2 is 1.58 bits per heavy atom. The minimum absolute atomic E-state index is 0.0634. The Hall–Kier alpha value is -4.59. The topological polar surface area (TPSA) is 112 Å². The van der Waals surface area contributed by atoms with Gasteiger partial charge in [-0.15, -0.1) is 0 Å². The first-order valence-corrected chi connectivity index (χ1v) is 18.6. The summed E-state index contributed by atoms with van der Waals surface area (Å²) in [6.07, 6.45) is -6.57. The van der Waals surface area contributed by atoms with Crippen molar-refractivity contribution in [3.63, 3.8) is 0 Å². The van der Waals surface area contributed by atoms with Crippen LogP contribution in [0.3, 0.4) is 0 Å². The highest BCUT2D eigenvalue weighted by Crippen LogP contribution is 2.42. The molecule has 292 valence electrons. The lowest BCUT2D eigenvalue weighted by molar-refractivity contribution is -0.276. The van der Waals surface area contributed by atoms with E-state index in [0.717, 1.165) is 38.9 Å². The first-order chi connectivity index (χ1) is 26.3. The van der Waals surface area contributed by atoms with Crippen molar-refractivity contribution in [3.05, 3.63) is 131 Å². The van der Waals surface area contributed by atoms with E-state index in [1.807, 2.05) is 117 Å². The number of nitrogens with zero attached hydrogens (tertiary/aromatic N) is 2. The third-order valence-electron chi connectivity index (χ3n) is 10.9. The Kier molecular flexibility index (Phi) is 12.7. The molecule has 3 N–H and O–H groups in total. The van der Waals surface area contributed by atoms with E-state index in [2.05, 4.69) is 17.1 Å². The molecule has 9 nitrogen and oxygen atoms in total. The van der Waals surface area contributed by atoms with Gasteiger partial charge in [-0.25, -0.2) is 0 Å². The normalized spacial score (nSPS) is 22.7. The molecule has 0 radical (unpaired) electrons. The molecule has 2 saturated heterocycles. The van der Waals surface area contributed by atoms with Gasteiger partial charge in [-0.3, -0.25) is 14.5 Å². The zero-order chi connectivity index (χ0) is 39.3. The molecule has 0 aliphatic carbocycles. The van der Waals surface area contributed by atoms with Crippen LogP contribution in [0.25, 0.3) is 11.1 Å². The van der Waals surface area contributed by atoms with E-state index >= 15 is 0 Å². The van der Waals surface area contributed by atoms with E-state index in [-0.39, 0.29) is 50.3 Å². The van der Waals surface area contributed by atoms with Crippen molar-refractivity contribution in [3.8, 4) is 11.1 Å². The highest BCUT2D eigenvalue weighted by Gasteiger charge is 2.47. The Morgan fingerprint density at radius 1 is 0.927 bits per heavy atom. The van der Waals surface area contributed by atoms with Gasteiger partial charge in [0.05, 0.1) is 24.9 Å². The Labute approximate surface area is 319 Å². The molecule has 2 fully saturated rings. The smallest absolute Gasteiger partial charge is 0.392 e. The van der Waals surface area contributed by atoms with Crippen LogP contribution < -0.4 is 5.32 Å². The predicted octanol–water partition coefficient (Wildman–Crippen LogP) is 6.86. The summed E-state index contributed by atoms with van der Waals surface area (Å²) in [7, 11) is 1.98. The van der Waals surface area contributed by atoms with E-state index in [0.29, 0.717) is 17.9 Å². The second kappa shape index (κ2) is 17.5. The van der Waals surface area contributed by atoms with Gasteiger partial charge in [-0.1, -0.05) is 110 Å². The lowest BCUT2D eigenvalue weighted by Gasteiger charge is -2.43. The Bertz CT molecular complexity index is 1890. The molecule has 0 saturated carbocycles. The quantitative estimate of drug-likeness (QED) is 0.145. The van der Waals surface area contributed by atoms with Crippen molar-refractivity contribution in [2.75, 3.05) is 20.1 Å². The molecular weight excluding hydrogens is 711 g/mol. The second-order valence-electron chi connectivity index (χ2n) is 14.5. The molecule has 6 rings (SSSR count). The molecule has 4 aromatic carbocycles. The van der Waals surface area contributed by atoms with Crippen molar-refractivity contribution >= 4 is 11.8 Å². The summed E-state index contributed by atoms with van der Waals surface area (Å²) in [5.74, 6) is -2.68. The average Bonchev–Trinajstić information content (AvgIpc) is 3.70. The lowest BCUT2D eigenvalue weighted by atomic mass is 9.89. The fourth-order valence-corrected chi connectivity index (χ4v) is 7.47. The molecule has 0 bridgehead atoms. The number of likely N-dealkylation sites (N-methyl/N-ethyl adjacent to an activating group) is 1. The summed E-state index contributed by atoms with van der Waals surface area (Å²) in [5.41, 5.74) is 5.82. The van der Waals surface area contributed by atoms with Crippen LogP contribution in [0, 0.1) is 5.92 Å². The molecule has 12 heteroatoms. The van der Waals surface area contributed by atoms with Gasteiger partial charge in [0.15, 0.2) is 6.29 Å². The highest BCUT2D eigenvalue weighted by molar-refractivity contribution is 5.90. The number of hydrogen-bond donors (Lipinski definition) is 3. The fourth-order valence-electron chi connectivity index (χ4n) is 7.47. The van der Waals surface area contributed by atoms with Gasteiger partial charge >= 0.3 is 12.1 Å². The van der Waals surface area contributed by atoms with Crippen LogP contribution in [-0.4, -0.2) is 76.3 Å². The highest BCUT2D eigenvalue weighted by atomic mass is 19.4. The molecule has 55 heavy (non-hydrogen) atoms. The molecule has 2 amide bonds. The SMILES string of the molecule is C[C@@H]1[C@H](CN(C)[C@H](C)[C@@H](O)c2ccccc2)O[C@H](c2ccc(-c3ccccc3CNC(=O)[C@@H]3CCCN3C(=O)C(F)(F)F)cc2)O[C@@H]1c1ccc(CO)cc1. The van der Waals surface area contributed by atoms with Crippen LogP contribution in [0.5, 0.6) is 0 Å². The number of amides is 2. The van der Waals surface area contributed by atoms with E-state index < -0.39 is 36.4 Å². The monoisotopic (exact) mass is 759 g/mol. The summed E-state index contributed by atoms with van der Waals surface area (Å²) in [6.45, 7) is 4.50. The van der Waals surface area contributed by atoms with Crippen molar-refractivity contribution in [1.29, 1.82) is 0 Å². The first kappa shape index (κ1) is 40.1. The largest absolute Gasteiger partial charge is 0.471 e. The molecule has 2 heterocycles. The van der Waals surface area contributed by atoms with E-state index in [4.69, 9.17) is 9.47 Å². The van der Waals surface area contributed by atoms with Gasteiger partial charge in [0.2, 0.25) is 5.91 Å². The fraction of sp³-hybridized carbons (Fsp3) is 0.395. The zero-order valence-corrected chi connectivity index (χ0v) is 31.2. The summed E-state index contributed by atoms with van der Waals surface area (Å²) < 4.78 is 52.8. The molecule has 0 spiro atoms. The first-order valence-electron chi connectivity index (χ1n) is 18.6. The minimum atomic E-state index is -5.04. The van der Waals surface area contributed by atoms with Crippen LogP contribution in [0.2, 0.25) is 0 Å². The van der Waals surface area contributed by atoms with E-state index in [1.54, 1.807) is 0 Å². The summed E-state index contributed by atoms with van der Waals surface area (Å²) in [5, 5.41) is 23.6. The maximum Gasteiger partial charge on any atom is 0.471 e. The molecule has 4 aromatic rings. The van der Waals surface area contributed by atoms with Gasteiger partial charge in [0, 0.05) is 37.2 Å². The maximum atomic E-state index is 13.1. The summed E-state index contributed by atoms with van der Waals surface area (Å²) in [6, 6.07) is 31.1. The Morgan fingerprint density at radius 3 is 2.25 bits per heavy atom. The number of halogens is 3. The van der Waals surface area contributed by atoms with Crippen LogP contribution in [0.4, 0.5) is 13.2 Å². The Balaban J connectivity index is 1.19. The third kappa shape index (κ3) is 9.28. The molecular formula is C43H48F3N3O6. The zero-order valence-electron chi connectivity index (χ0n) is 31.2. The van der Waals surface area contributed by atoms with Crippen LogP contribution in [0.1, 0.15) is 73.0 Å². The number of likely N-dealkylation sites (tertiary alicyclic amines) is 1. The van der Waals surface area contributed by atoms with Crippen molar-refractivity contribution in [2.24, 2.45) is 5.92 Å². The summed E-state index contributed by atoms with van der Waals surface area (Å²) >= 11 is 0. The molecule has 0 unspecified atom stereocenters. The van der Waals surface area contributed by atoms with Gasteiger partial charge < -0.3 is 29.9 Å². The number of aliphatic hydroxyl groups is 2. The number of carbonyl (C=O) groups is 2. The number of benzene rings is 4. The number of carbonyl (C=O) groups excluding carboxylic acids is 2. The standard InChI is InChI=1S/C43H48F3N3O6/c1-27-37(25-48(3)28(2)38(51)31-10-5-4-6-11-31)54-41(55-39(27)32-17-15-29(26-50)16-18-32)33-21-19-30(20-22-33)35-13-8-7-12-34(35)24-47-40(52)36-14-9-23-49(36)42(53)43(44,45)46/h4-8,10-13,15-22,27-28,36-39,41,50-51H,9,14,23-26H2,1-3H3,(H,47,52)/t27-,28-,36+,37+,38-,39+,41+/m1/s1. The third-order valence-corrected chi connectivity index (χ3v) is 10.9. The van der Waals surface area contributed by atoms with Crippen LogP contribution in [-0.2, 0) is 32.2 Å². The molecule has 2 aliphatic rings. The van der Waals surface area contributed by atoms with Crippen molar-refractivity contribution in [2.45, 2.75) is 82.7 Å². The number of rotatable bonds is 12. The minimum Gasteiger partial charge on any atom is -0.392 e. The van der Waals surface area contributed by atoms with Gasteiger partial charge in [-0.05, 0) is 60.2 Å². The van der Waals surface area contributed by atoms with Crippen LogP contribution >= 0.6 is 0 Å². The van der Waals surface area contributed by atoms with Crippen molar-refractivity contribution in [1.82, 2.24) is 15.1 Å².